The Balaban J connectivity index is 0.00000281. The maximum Gasteiger partial charge on any atom is 0.193 e. The molecule has 0 amide bonds. The molecule has 34 heavy (non-hydrogen) atoms. The van der Waals surface area contributed by atoms with Gasteiger partial charge in [0.2, 0.25) is 0 Å². The molecule has 0 aromatic rings. The smallest absolute Gasteiger partial charge is 0.193 e. The van der Waals surface area contributed by atoms with Gasteiger partial charge < -0.3 is 5.11 Å². The predicted octanol–water partition coefficient (Wildman–Crippen LogP) is 8.42. The van der Waals surface area contributed by atoms with Crippen molar-refractivity contribution in [2.75, 3.05) is 0 Å². The van der Waals surface area contributed by atoms with E-state index in [4.69, 9.17) is 11.6 Å². The fraction of sp³-hybridized carbons (Fsp3) is 0.655. The zero-order chi connectivity index (χ0) is 26.3. The number of hydrogen-bond donors (Lipinski definition) is 1. The zero-order valence-corrected chi connectivity index (χ0v) is 24.1. The van der Waals surface area contributed by atoms with Crippen molar-refractivity contribution in [1.29, 1.82) is 0 Å². The topological polar surface area (TPSA) is 54.4 Å². The van der Waals surface area contributed by atoms with Crippen LogP contribution in [0.25, 0.3) is 0 Å². The second-order valence-electron chi connectivity index (χ2n) is 10.6. The molecule has 0 radical (unpaired) electrons. The number of allylic oxidation sites excluding steroid dienone is 5. The van der Waals surface area contributed by atoms with E-state index in [1.54, 1.807) is 26.8 Å². The summed E-state index contributed by atoms with van der Waals surface area (Å²) in [4.78, 5) is 0. The highest BCUT2D eigenvalue weighted by Crippen LogP contribution is 2.49. The van der Waals surface area contributed by atoms with Crippen LogP contribution in [0.15, 0.2) is 58.0 Å². The number of sulfone groups is 1. The number of rotatable bonds is 6. The van der Waals surface area contributed by atoms with E-state index >= 15 is 0 Å². The fourth-order valence-corrected chi connectivity index (χ4v) is 6.42. The summed E-state index contributed by atoms with van der Waals surface area (Å²) in [7, 11) is -3.50. The van der Waals surface area contributed by atoms with Gasteiger partial charge in [-0.3, -0.25) is 0 Å². The van der Waals surface area contributed by atoms with Crippen molar-refractivity contribution in [3.8, 4) is 0 Å². The van der Waals surface area contributed by atoms with E-state index in [9.17, 15) is 13.5 Å². The van der Waals surface area contributed by atoms with E-state index in [1.807, 2.05) is 13.8 Å². The van der Waals surface area contributed by atoms with Crippen molar-refractivity contribution in [3.63, 3.8) is 0 Å². The van der Waals surface area contributed by atoms with Crippen molar-refractivity contribution in [3.05, 3.63) is 58.0 Å². The van der Waals surface area contributed by atoms with Crippen LogP contribution in [0.3, 0.4) is 0 Å². The molecule has 194 valence electrons. The first-order valence-corrected chi connectivity index (χ1v) is 14.6. The lowest BCUT2D eigenvalue weighted by atomic mass is 9.61. The SMILES string of the molecule is C=C1/C(=C\C=C2/CCCC(C)(C(=C)CC/C=C(\Cl)S(=O)(=O)C(C)(C)C)C2C)CCCC1O.CC. The molecule has 3 atom stereocenters. The van der Waals surface area contributed by atoms with Gasteiger partial charge in [-0.15, -0.1) is 0 Å². The predicted molar refractivity (Wildman–Crippen MR) is 149 cm³/mol. The summed E-state index contributed by atoms with van der Waals surface area (Å²) in [5, 5.41) is 10.1. The maximum absolute atomic E-state index is 12.5. The van der Waals surface area contributed by atoms with Crippen LogP contribution in [0, 0.1) is 11.3 Å². The van der Waals surface area contributed by atoms with Gasteiger partial charge in [0.15, 0.2) is 9.84 Å². The monoisotopic (exact) mass is 510 g/mol. The molecule has 2 saturated carbocycles. The Morgan fingerprint density at radius 1 is 1.21 bits per heavy atom. The van der Waals surface area contributed by atoms with Crippen LogP contribution in [0.5, 0.6) is 0 Å². The van der Waals surface area contributed by atoms with Crippen LogP contribution in [0.1, 0.15) is 99.8 Å². The van der Waals surface area contributed by atoms with Crippen LogP contribution >= 0.6 is 11.6 Å². The first-order chi connectivity index (χ1) is 15.7. The summed E-state index contributed by atoms with van der Waals surface area (Å²) in [6.07, 6.45) is 12.9. The Morgan fingerprint density at radius 2 is 1.82 bits per heavy atom. The first kappa shape index (κ1) is 30.9. The van der Waals surface area contributed by atoms with Gasteiger partial charge in [0.05, 0.1) is 10.9 Å². The van der Waals surface area contributed by atoms with E-state index in [0.29, 0.717) is 18.8 Å². The third-order valence-electron chi connectivity index (χ3n) is 7.53. The average molecular weight is 511 g/mol. The minimum Gasteiger partial charge on any atom is -0.388 e. The summed E-state index contributed by atoms with van der Waals surface area (Å²) in [6, 6.07) is 0. The molecule has 0 bridgehead atoms. The molecule has 0 aromatic carbocycles. The van der Waals surface area contributed by atoms with Gasteiger partial charge in [0.25, 0.3) is 0 Å². The Labute approximate surface area is 214 Å². The van der Waals surface area contributed by atoms with E-state index in [2.05, 4.69) is 39.2 Å². The Morgan fingerprint density at radius 3 is 2.41 bits per heavy atom. The lowest BCUT2D eigenvalue weighted by molar-refractivity contribution is 0.191. The number of aliphatic hydroxyl groups is 1. The molecular formula is C29H47ClO3S. The lowest BCUT2D eigenvalue weighted by Gasteiger charge is -2.43. The highest BCUT2D eigenvalue weighted by molar-refractivity contribution is 7.98. The van der Waals surface area contributed by atoms with Crippen LogP contribution in [0.4, 0.5) is 0 Å². The van der Waals surface area contributed by atoms with E-state index in [-0.39, 0.29) is 9.78 Å². The van der Waals surface area contributed by atoms with E-state index < -0.39 is 20.7 Å². The van der Waals surface area contributed by atoms with Gasteiger partial charge >= 0.3 is 0 Å². The summed E-state index contributed by atoms with van der Waals surface area (Å²) >= 11 is 6.15. The van der Waals surface area contributed by atoms with Gasteiger partial charge in [-0.1, -0.05) is 81.8 Å². The molecule has 2 rings (SSSR count). The second kappa shape index (κ2) is 12.7. The standard InChI is InChI=1S/C27H41ClO3S.C2H6/c1-19(11-8-15-25(28)32(30,31)26(4,5)6)27(7)18-10-13-23(21(27)3)17-16-22-12-9-14-24(29)20(22)2;1-2/h15-17,21,24,29H,1-2,8-14,18H2,3-7H3;1-2H3/b22-16-,23-17+,25-15+;. The van der Waals surface area contributed by atoms with Crippen molar-refractivity contribution < 1.29 is 13.5 Å². The molecule has 0 spiro atoms. The van der Waals surface area contributed by atoms with Gasteiger partial charge in [-0.2, -0.15) is 0 Å². The molecule has 2 aliphatic rings. The Bertz CT molecular complexity index is 931. The largest absolute Gasteiger partial charge is 0.388 e. The van der Waals surface area contributed by atoms with Gasteiger partial charge in [-0.05, 0) is 94.6 Å². The third-order valence-corrected chi connectivity index (χ3v) is 10.6. The van der Waals surface area contributed by atoms with Gasteiger partial charge in [0.1, 0.15) is 4.36 Å². The maximum atomic E-state index is 12.5. The van der Waals surface area contributed by atoms with Crippen molar-refractivity contribution >= 4 is 21.4 Å². The minimum absolute atomic E-state index is 0.0328. The summed E-state index contributed by atoms with van der Waals surface area (Å²) < 4.78 is 24.0. The molecule has 2 aliphatic carbocycles. The van der Waals surface area contributed by atoms with Crippen LogP contribution in [0.2, 0.25) is 0 Å². The molecule has 0 aliphatic heterocycles. The second-order valence-corrected chi connectivity index (χ2v) is 13.9. The van der Waals surface area contributed by atoms with Crippen LogP contribution in [-0.2, 0) is 9.84 Å². The van der Waals surface area contributed by atoms with Crippen molar-refractivity contribution in [1.82, 2.24) is 0 Å². The highest BCUT2D eigenvalue weighted by Gasteiger charge is 2.38. The molecule has 1 N–H and O–H groups in total. The lowest BCUT2D eigenvalue weighted by Crippen LogP contribution is -2.32. The molecule has 0 aromatic heterocycles. The molecule has 3 nitrogen and oxygen atoms in total. The normalized spacial score (nSPS) is 29.1. The third kappa shape index (κ3) is 7.21. The number of aliphatic hydroxyl groups excluding tert-OH is 1. The van der Waals surface area contributed by atoms with E-state index in [0.717, 1.165) is 55.2 Å². The number of halogens is 1. The minimum atomic E-state index is -3.50. The Kier molecular flexibility index (Phi) is 11.6. The van der Waals surface area contributed by atoms with Gasteiger partial charge in [0, 0.05) is 0 Å². The zero-order valence-electron chi connectivity index (χ0n) is 22.5. The number of hydrogen-bond acceptors (Lipinski definition) is 3. The van der Waals surface area contributed by atoms with Crippen molar-refractivity contribution in [2.24, 2.45) is 11.3 Å². The Hall–Kier alpha value is -1.10. The average Bonchev–Trinajstić information content (AvgIpc) is 2.77. The van der Waals surface area contributed by atoms with Crippen LogP contribution in [-0.4, -0.2) is 24.4 Å². The van der Waals surface area contributed by atoms with E-state index in [1.165, 1.54) is 5.57 Å². The quantitative estimate of drug-likeness (QED) is 0.365. The molecule has 3 unspecified atom stereocenters. The summed E-state index contributed by atoms with van der Waals surface area (Å²) in [6.45, 7) is 22.0. The molecule has 0 saturated heterocycles. The van der Waals surface area contributed by atoms with Gasteiger partial charge in [-0.25, -0.2) is 8.42 Å². The summed E-state index contributed by atoms with van der Waals surface area (Å²) in [5.41, 5.74) is 4.54. The summed E-state index contributed by atoms with van der Waals surface area (Å²) in [5.74, 6) is 0.347. The molecule has 5 heteroatoms. The molecule has 2 fully saturated rings. The molecule has 0 heterocycles. The first-order valence-electron chi connectivity index (χ1n) is 12.8. The molecular weight excluding hydrogens is 464 g/mol. The van der Waals surface area contributed by atoms with Crippen LogP contribution < -0.4 is 0 Å². The van der Waals surface area contributed by atoms with Crippen molar-refractivity contribution in [2.45, 2.75) is 111 Å². The fourth-order valence-electron chi connectivity index (χ4n) is 4.69. The highest BCUT2D eigenvalue weighted by atomic mass is 35.5.